The van der Waals surface area contributed by atoms with Gasteiger partial charge in [0.1, 0.15) is 5.82 Å². The number of benzene rings is 2. The van der Waals surface area contributed by atoms with Crippen molar-refractivity contribution in [3.63, 3.8) is 0 Å². The predicted octanol–water partition coefficient (Wildman–Crippen LogP) is 4.53. The lowest BCUT2D eigenvalue weighted by atomic mass is 10.1. The average Bonchev–Trinajstić information content (AvgIpc) is 2.88. The Bertz CT molecular complexity index is 770. The van der Waals surface area contributed by atoms with Crippen LogP contribution in [-0.2, 0) is 6.42 Å². The topological polar surface area (TPSA) is 33.1 Å². The lowest BCUT2D eigenvalue weighted by molar-refractivity contribution is 0.178. The summed E-state index contributed by atoms with van der Waals surface area (Å²) in [5, 5.41) is 11.1. The second-order valence-corrected chi connectivity index (χ2v) is 6.44. The highest BCUT2D eigenvalue weighted by atomic mass is 32.1. The average molecular weight is 313 g/mol. The van der Waals surface area contributed by atoms with Gasteiger partial charge in [-0.15, -0.1) is 11.3 Å². The first-order valence-electron chi connectivity index (χ1n) is 7.09. The van der Waals surface area contributed by atoms with Crippen molar-refractivity contribution in [1.29, 1.82) is 0 Å². The van der Waals surface area contributed by atoms with E-state index in [1.165, 1.54) is 12.1 Å². The number of aromatic nitrogens is 1. The van der Waals surface area contributed by atoms with E-state index in [0.29, 0.717) is 12.0 Å². The van der Waals surface area contributed by atoms with E-state index in [-0.39, 0.29) is 5.82 Å². The van der Waals surface area contributed by atoms with Gasteiger partial charge in [-0.2, -0.15) is 0 Å². The Kier molecular flexibility index (Phi) is 4.32. The molecule has 0 spiro atoms. The minimum atomic E-state index is -0.745. The highest BCUT2D eigenvalue weighted by Crippen LogP contribution is 2.30. The molecular formula is C18H16FNOS. The SMILES string of the molecule is Cc1sc(CC(O)c2cccc(F)c2)nc1-c1ccccc1. The molecule has 0 fully saturated rings. The van der Waals surface area contributed by atoms with Crippen molar-refractivity contribution in [3.05, 3.63) is 75.9 Å². The Hall–Kier alpha value is -2.04. The molecule has 0 aliphatic carbocycles. The third-order valence-electron chi connectivity index (χ3n) is 3.49. The molecule has 1 unspecified atom stereocenters. The largest absolute Gasteiger partial charge is 0.388 e. The van der Waals surface area contributed by atoms with E-state index in [1.807, 2.05) is 37.3 Å². The van der Waals surface area contributed by atoms with Crippen molar-refractivity contribution in [1.82, 2.24) is 4.98 Å². The first-order valence-corrected chi connectivity index (χ1v) is 7.90. The van der Waals surface area contributed by atoms with Crippen LogP contribution in [0.4, 0.5) is 4.39 Å². The molecule has 4 heteroatoms. The number of aryl methyl sites for hydroxylation is 1. The molecule has 1 atom stereocenters. The first-order chi connectivity index (χ1) is 10.6. The summed E-state index contributed by atoms with van der Waals surface area (Å²) in [7, 11) is 0. The predicted molar refractivity (Wildman–Crippen MR) is 87.4 cm³/mol. The van der Waals surface area contributed by atoms with Crippen LogP contribution >= 0.6 is 11.3 Å². The van der Waals surface area contributed by atoms with E-state index in [0.717, 1.165) is 21.1 Å². The molecule has 2 aromatic carbocycles. The van der Waals surface area contributed by atoms with Gasteiger partial charge in [-0.3, -0.25) is 0 Å². The number of aliphatic hydroxyl groups is 1. The highest BCUT2D eigenvalue weighted by Gasteiger charge is 2.15. The van der Waals surface area contributed by atoms with Gasteiger partial charge in [0.15, 0.2) is 0 Å². The molecule has 1 aromatic heterocycles. The van der Waals surface area contributed by atoms with Crippen molar-refractivity contribution in [3.8, 4) is 11.3 Å². The third kappa shape index (κ3) is 3.24. The zero-order valence-corrected chi connectivity index (χ0v) is 13.0. The van der Waals surface area contributed by atoms with Crippen LogP contribution in [0.1, 0.15) is 21.6 Å². The highest BCUT2D eigenvalue weighted by molar-refractivity contribution is 7.12. The molecule has 1 N–H and O–H groups in total. The summed E-state index contributed by atoms with van der Waals surface area (Å²) in [6.45, 7) is 2.03. The van der Waals surface area contributed by atoms with Gasteiger partial charge in [0.2, 0.25) is 0 Å². The summed E-state index contributed by atoms with van der Waals surface area (Å²) in [6, 6.07) is 16.1. The number of thiazole rings is 1. The number of aliphatic hydroxyl groups excluding tert-OH is 1. The molecule has 1 heterocycles. The minimum absolute atomic E-state index is 0.336. The minimum Gasteiger partial charge on any atom is -0.388 e. The van der Waals surface area contributed by atoms with Crippen molar-refractivity contribution < 1.29 is 9.50 Å². The van der Waals surface area contributed by atoms with Crippen LogP contribution in [0, 0.1) is 12.7 Å². The molecule has 2 nitrogen and oxygen atoms in total. The van der Waals surface area contributed by atoms with Gasteiger partial charge in [0.05, 0.1) is 16.8 Å². The van der Waals surface area contributed by atoms with Gasteiger partial charge in [-0.1, -0.05) is 42.5 Å². The second kappa shape index (κ2) is 6.38. The van der Waals surface area contributed by atoms with Gasteiger partial charge in [0, 0.05) is 16.9 Å². The summed E-state index contributed by atoms with van der Waals surface area (Å²) < 4.78 is 13.2. The van der Waals surface area contributed by atoms with E-state index >= 15 is 0 Å². The fourth-order valence-corrected chi connectivity index (χ4v) is 3.39. The molecule has 0 amide bonds. The molecule has 0 saturated carbocycles. The van der Waals surface area contributed by atoms with Gasteiger partial charge < -0.3 is 5.11 Å². The van der Waals surface area contributed by atoms with Gasteiger partial charge >= 0.3 is 0 Å². The normalized spacial score (nSPS) is 12.3. The summed E-state index contributed by atoms with van der Waals surface area (Å²) in [6.07, 6.45) is -0.355. The third-order valence-corrected chi connectivity index (χ3v) is 4.48. The van der Waals surface area contributed by atoms with Crippen LogP contribution < -0.4 is 0 Å². The van der Waals surface area contributed by atoms with E-state index in [9.17, 15) is 9.50 Å². The monoisotopic (exact) mass is 313 g/mol. The summed E-state index contributed by atoms with van der Waals surface area (Å²) >= 11 is 1.57. The Morgan fingerprint density at radius 3 is 2.64 bits per heavy atom. The maximum atomic E-state index is 13.2. The standard InChI is InChI=1S/C18H16FNOS/c1-12-18(13-6-3-2-4-7-13)20-17(22-12)11-16(21)14-8-5-9-15(19)10-14/h2-10,16,21H,11H2,1H3. The van der Waals surface area contributed by atoms with Crippen molar-refractivity contribution in [2.45, 2.75) is 19.4 Å². The van der Waals surface area contributed by atoms with Crippen LogP contribution in [-0.4, -0.2) is 10.1 Å². The molecule has 0 aliphatic heterocycles. The Morgan fingerprint density at radius 2 is 1.91 bits per heavy atom. The molecule has 112 valence electrons. The van der Waals surface area contributed by atoms with Crippen LogP contribution in [0.25, 0.3) is 11.3 Å². The molecule has 22 heavy (non-hydrogen) atoms. The fraction of sp³-hybridized carbons (Fsp3) is 0.167. The number of hydrogen-bond acceptors (Lipinski definition) is 3. The molecule has 3 rings (SSSR count). The van der Waals surface area contributed by atoms with Crippen molar-refractivity contribution in [2.75, 3.05) is 0 Å². The van der Waals surface area contributed by atoms with Gasteiger partial charge in [-0.05, 0) is 24.6 Å². The maximum absolute atomic E-state index is 13.2. The molecule has 0 aliphatic rings. The van der Waals surface area contributed by atoms with Crippen LogP contribution in [0.3, 0.4) is 0 Å². The molecule has 3 aromatic rings. The Labute approximate surface area is 132 Å². The van der Waals surface area contributed by atoms with Crippen molar-refractivity contribution >= 4 is 11.3 Å². The van der Waals surface area contributed by atoms with Crippen LogP contribution in [0.15, 0.2) is 54.6 Å². The zero-order chi connectivity index (χ0) is 15.5. The quantitative estimate of drug-likeness (QED) is 0.767. The summed E-state index contributed by atoms with van der Waals surface area (Å²) in [4.78, 5) is 5.75. The van der Waals surface area contributed by atoms with Crippen molar-refractivity contribution in [2.24, 2.45) is 0 Å². The molecular weight excluding hydrogens is 297 g/mol. The van der Waals surface area contributed by atoms with E-state index < -0.39 is 6.10 Å². The maximum Gasteiger partial charge on any atom is 0.123 e. The smallest absolute Gasteiger partial charge is 0.123 e. The van der Waals surface area contributed by atoms with Gasteiger partial charge in [0.25, 0.3) is 0 Å². The molecule has 0 saturated heterocycles. The Balaban J connectivity index is 1.82. The second-order valence-electron chi connectivity index (χ2n) is 5.15. The number of hydrogen-bond donors (Lipinski definition) is 1. The number of rotatable bonds is 4. The number of nitrogens with zero attached hydrogens (tertiary/aromatic N) is 1. The number of halogens is 1. The van der Waals surface area contributed by atoms with E-state index in [4.69, 9.17) is 0 Å². The Morgan fingerprint density at radius 1 is 1.14 bits per heavy atom. The van der Waals surface area contributed by atoms with E-state index in [2.05, 4.69) is 4.98 Å². The fourth-order valence-electron chi connectivity index (χ4n) is 2.40. The van der Waals surface area contributed by atoms with Crippen LogP contribution in [0.2, 0.25) is 0 Å². The zero-order valence-electron chi connectivity index (χ0n) is 12.2. The summed E-state index contributed by atoms with van der Waals surface area (Å²) in [5.41, 5.74) is 2.60. The summed E-state index contributed by atoms with van der Waals surface area (Å²) in [5.74, 6) is -0.336. The lowest BCUT2D eigenvalue weighted by Crippen LogP contribution is -2.01. The van der Waals surface area contributed by atoms with Gasteiger partial charge in [-0.25, -0.2) is 9.37 Å². The van der Waals surface area contributed by atoms with E-state index in [1.54, 1.807) is 23.5 Å². The van der Waals surface area contributed by atoms with Crippen LogP contribution in [0.5, 0.6) is 0 Å². The molecule has 0 bridgehead atoms. The first kappa shape index (κ1) is 14.9. The lowest BCUT2D eigenvalue weighted by Gasteiger charge is -2.08. The molecule has 0 radical (unpaired) electrons.